The Hall–Kier alpha value is -4.99. The zero-order valence-electron chi connectivity index (χ0n) is 27.0. The fourth-order valence-electron chi connectivity index (χ4n) is 5.82. The molecule has 1 aromatic heterocycles. The van der Waals surface area contributed by atoms with E-state index >= 15 is 0 Å². The molecule has 2 aromatic carbocycles. The average Bonchev–Trinajstić information content (AvgIpc) is 3.66. The predicted molar refractivity (Wildman–Crippen MR) is 175 cm³/mol. The lowest BCUT2D eigenvalue weighted by molar-refractivity contribution is -0.134. The summed E-state index contributed by atoms with van der Waals surface area (Å²) in [5.74, 6) is -7.88. The second-order valence-corrected chi connectivity index (χ2v) is 13.3. The summed E-state index contributed by atoms with van der Waals surface area (Å²) in [6.45, 7) is 3.10. The fourth-order valence-corrected chi connectivity index (χ4v) is 6.58. The lowest BCUT2D eigenvalue weighted by Crippen LogP contribution is -2.60. The molecule has 1 aliphatic heterocycles. The molecule has 0 aliphatic carbocycles. The molecule has 0 saturated carbocycles. The van der Waals surface area contributed by atoms with Crippen molar-refractivity contribution in [2.45, 2.75) is 70.0 Å². The van der Waals surface area contributed by atoms with Crippen LogP contribution in [-0.2, 0) is 33.6 Å². The number of aromatic carboxylic acids is 2. The third-order valence-corrected chi connectivity index (χ3v) is 9.13. The van der Waals surface area contributed by atoms with E-state index in [1.165, 1.54) is 0 Å². The molecule has 6 N–H and O–H groups in total. The number of alkyl halides is 2. The van der Waals surface area contributed by atoms with E-state index < -0.39 is 95.9 Å². The number of benzene rings is 2. The number of anilines is 1. The number of fused-ring (bicyclic) bond motifs is 1. The molecular weight excluding hydrogens is 684 g/mol. The summed E-state index contributed by atoms with van der Waals surface area (Å²) in [5, 5.41) is 30.7. The van der Waals surface area contributed by atoms with Crippen molar-refractivity contribution in [2.24, 2.45) is 5.92 Å². The van der Waals surface area contributed by atoms with Crippen LogP contribution in [0.4, 0.5) is 23.2 Å². The van der Waals surface area contributed by atoms with Crippen LogP contribution >= 0.6 is 11.3 Å². The van der Waals surface area contributed by atoms with E-state index in [4.69, 9.17) is 5.11 Å². The van der Waals surface area contributed by atoms with Crippen LogP contribution in [-0.4, -0.2) is 70.5 Å². The zero-order chi connectivity index (χ0) is 36.7. The first-order valence-corrected chi connectivity index (χ1v) is 16.5. The van der Waals surface area contributed by atoms with Crippen LogP contribution < -0.4 is 21.3 Å². The van der Waals surface area contributed by atoms with Gasteiger partial charge in [-0.1, -0.05) is 32.0 Å². The Bertz CT molecular complexity index is 1720. The first kappa shape index (κ1) is 37.8. The van der Waals surface area contributed by atoms with Gasteiger partial charge in [-0.25, -0.2) is 27.2 Å². The van der Waals surface area contributed by atoms with Crippen molar-refractivity contribution < 1.29 is 51.7 Å². The number of rotatable bonds is 16. The van der Waals surface area contributed by atoms with Gasteiger partial charge in [0.1, 0.15) is 34.1 Å². The first-order valence-electron chi connectivity index (χ1n) is 15.6. The van der Waals surface area contributed by atoms with Gasteiger partial charge in [-0.15, -0.1) is 11.3 Å². The normalized spacial score (nSPS) is 16.3. The highest BCUT2D eigenvalue weighted by Gasteiger charge is 2.46. The van der Waals surface area contributed by atoms with Crippen molar-refractivity contribution in [1.29, 1.82) is 0 Å². The van der Waals surface area contributed by atoms with Crippen molar-refractivity contribution in [3.05, 3.63) is 86.6 Å². The quantitative estimate of drug-likeness (QED) is 0.118. The minimum Gasteiger partial charge on any atom is -0.478 e. The summed E-state index contributed by atoms with van der Waals surface area (Å²) in [7, 11) is 0. The number of halogens is 4. The Balaban J connectivity index is 1.51. The Labute approximate surface area is 288 Å². The lowest BCUT2D eigenvalue weighted by Gasteiger charge is -2.32. The molecule has 0 bridgehead atoms. The van der Waals surface area contributed by atoms with Crippen LogP contribution in [0.1, 0.15) is 63.4 Å². The van der Waals surface area contributed by atoms with Gasteiger partial charge in [0.05, 0.1) is 5.56 Å². The standard InChI is InChI=1S/C34H36F4N4O7S/c1-17(2)11-25(41-33(49)34(15-18-5-3-4-6-24(18)42-34)16-19-8-10-50-28(19)32(47)48)30(44)40-26(14-27(37)38)29(43)39-9-7-21-22(35)12-20(31(45)46)13-23(21)36/h3-6,8,10,12-13,17,25-27,42H,7,9,11,14-16H2,1-2H3,(H,39,43)(H,40,44)(H,41,49)(H,45,46)(H,47,48)/t25-,26-,34?/m0/s1. The molecule has 268 valence electrons. The SMILES string of the molecule is CC(C)C[C@H](NC(=O)C1(Cc2ccsc2C(=O)O)Cc2ccccc2N1)C(=O)N[C@@H](CC(F)F)C(=O)NCCc1c(F)cc(C(=O)O)cc1F. The summed E-state index contributed by atoms with van der Waals surface area (Å²) in [6, 6.07) is 6.86. The van der Waals surface area contributed by atoms with E-state index in [0.29, 0.717) is 23.4 Å². The Morgan fingerprint density at radius 3 is 2.18 bits per heavy atom. The van der Waals surface area contributed by atoms with Crippen molar-refractivity contribution in [3.63, 3.8) is 0 Å². The zero-order valence-corrected chi connectivity index (χ0v) is 27.8. The van der Waals surface area contributed by atoms with Gasteiger partial charge in [-0.3, -0.25) is 14.4 Å². The van der Waals surface area contributed by atoms with Crippen molar-refractivity contribution >= 4 is 46.7 Å². The van der Waals surface area contributed by atoms with Crippen LogP contribution in [0.2, 0.25) is 0 Å². The fraction of sp³-hybridized carbons (Fsp3) is 0.382. The van der Waals surface area contributed by atoms with Gasteiger partial charge in [0.25, 0.3) is 0 Å². The third-order valence-electron chi connectivity index (χ3n) is 8.19. The number of carboxylic acid groups (broad SMARTS) is 2. The Morgan fingerprint density at radius 1 is 0.920 bits per heavy atom. The van der Waals surface area contributed by atoms with Crippen LogP contribution in [0.5, 0.6) is 0 Å². The second kappa shape index (κ2) is 16.1. The highest BCUT2D eigenvalue weighted by atomic mass is 32.1. The topological polar surface area (TPSA) is 174 Å². The number of hydrogen-bond donors (Lipinski definition) is 6. The molecule has 1 unspecified atom stereocenters. The third kappa shape index (κ3) is 9.16. The van der Waals surface area contributed by atoms with E-state index in [9.17, 15) is 46.6 Å². The molecule has 50 heavy (non-hydrogen) atoms. The minimum atomic E-state index is -3.04. The largest absolute Gasteiger partial charge is 0.478 e. The van der Waals surface area contributed by atoms with Crippen LogP contribution in [0.15, 0.2) is 47.8 Å². The molecule has 16 heteroatoms. The van der Waals surface area contributed by atoms with Crippen molar-refractivity contribution in [1.82, 2.24) is 16.0 Å². The van der Waals surface area contributed by atoms with Crippen LogP contribution in [0, 0.1) is 17.6 Å². The van der Waals surface area contributed by atoms with Gasteiger partial charge in [0.2, 0.25) is 24.1 Å². The van der Waals surface area contributed by atoms with Gasteiger partial charge in [0, 0.05) is 37.1 Å². The summed E-state index contributed by atoms with van der Waals surface area (Å²) in [4.78, 5) is 63.6. The molecule has 0 radical (unpaired) electrons. The summed E-state index contributed by atoms with van der Waals surface area (Å²) >= 11 is 1.00. The van der Waals surface area contributed by atoms with Crippen LogP contribution in [0.3, 0.4) is 0 Å². The highest BCUT2D eigenvalue weighted by Crippen LogP contribution is 2.36. The minimum absolute atomic E-state index is 0.0489. The predicted octanol–water partition coefficient (Wildman–Crippen LogP) is 4.40. The molecule has 11 nitrogen and oxygen atoms in total. The maximum atomic E-state index is 14.3. The van der Waals surface area contributed by atoms with E-state index in [1.54, 1.807) is 43.5 Å². The monoisotopic (exact) mass is 720 g/mol. The lowest BCUT2D eigenvalue weighted by atomic mass is 9.86. The number of amides is 3. The molecule has 0 saturated heterocycles. The van der Waals surface area contributed by atoms with Gasteiger partial charge in [-0.2, -0.15) is 0 Å². The maximum absolute atomic E-state index is 14.3. The van der Waals surface area contributed by atoms with Crippen molar-refractivity contribution in [2.75, 3.05) is 11.9 Å². The molecule has 1 aliphatic rings. The summed E-state index contributed by atoms with van der Waals surface area (Å²) in [6.07, 6.45) is -4.45. The molecular formula is C34H36F4N4O7S. The number of carboxylic acids is 2. The highest BCUT2D eigenvalue weighted by molar-refractivity contribution is 7.12. The Morgan fingerprint density at radius 2 is 1.58 bits per heavy atom. The number of carbonyl (C=O) groups excluding carboxylic acids is 3. The average molecular weight is 721 g/mol. The summed E-state index contributed by atoms with van der Waals surface area (Å²) in [5.41, 5.74) is -0.742. The number of hydrogen-bond acceptors (Lipinski definition) is 7. The first-order chi connectivity index (χ1) is 23.6. The van der Waals surface area contributed by atoms with Crippen LogP contribution in [0.25, 0.3) is 0 Å². The Kier molecular flexibility index (Phi) is 12.2. The van der Waals surface area contributed by atoms with Gasteiger partial charge < -0.3 is 31.5 Å². The number of thiophene rings is 1. The smallest absolute Gasteiger partial charge is 0.346 e. The molecule has 3 amide bonds. The van der Waals surface area contributed by atoms with E-state index in [1.807, 2.05) is 6.07 Å². The molecule has 3 atom stereocenters. The van der Waals surface area contributed by atoms with Gasteiger partial charge in [-0.05, 0) is 59.5 Å². The van der Waals surface area contributed by atoms with Gasteiger partial charge in [0.15, 0.2) is 0 Å². The molecule has 2 heterocycles. The van der Waals surface area contributed by atoms with E-state index in [-0.39, 0.29) is 30.1 Å². The van der Waals surface area contributed by atoms with E-state index in [0.717, 1.165) is 16.9 Å². The maximum Gasteiger partial charge on any atom is 0.346 e. The molecule has 0 spiro atoms. The molecule has 4 rings (SSSR count). The summed E-state index contributed by atoms with van der Waals surface area (Å²) < 4.78 is 55.8. The molecule has 3 aromatic rings. The van der Waals surface area contributed by atoms with Gasteiger partial charge >= 0.3 is 11.9 Å². The second-order valence-electron chi connectivity index (χ2n) is 12.4. The number of carbonyl (C=O) groups is 5. The van der Waals surface area contributed by atoms with Crippen molar-refractivity contribution in [3.8, 4) is 0 Å². The molecule has 0 fully saturated rings. The number of para-hydroxylation sites is 1. The van der Waals surface area contributed by atoms with E-state index in [2.05, 4.69) is 21.3 Å². The number of nitrogens with one attached hydrogen (secondary N) is 4.